The normalized spacial score (nSPS) is 22.4. The Balaban J connectivity index is 1.79. The molecule has 110 valence electrons. The van der Waals surface area contributed by atoms with Gasteiger partial charge in [-0.3, -0.25) is 9.59 Å². The van der Waals surface area contributed by atoms with E-state index in [2.05, 4.69) is 5.32 Å². The second kappa shape index (κ2) is 6.59. The molecule has 0 aromatic carbocycles. The number of rotatable bonds is 5. The highest BCUT2D eigenvalue weighted by Gasteiger charge is 2.26. The Kier molecular flexibility index (Phi) is 4.82. The predicted molar refractivity (Wildman–Crippen MR) is 73.5 cm³/mol. The molecule has 5 heteroatoms. The van der Waals surface area contributed by atoms with Gasteiger partial charge in [-0.2, -0.15) is 0 Å². The smallest absolute Gasteiger partial charge is 0.306 e. The molecular formula is C15H21NO4. The van der Waals surface area contributed by atoms with Gasteiger partial charge in [0.1, 0.15) is 5.76 Å². The molecule has 2 N–H and O–H groups in total. The van der Waals surface area contributed by atoms with Crippen molar-refractivity contribution in [3.05, 3.63) is 23.7 Å². The molecule has 1 aliphatic rings. The Morgan fingerprint density at radius 1 is 1.35 bits per heavy atom. The first-order chi connectivity index (χ1) is 9.61. The lowest BCUT2D eigenvalue weighted by Crippen LogP contribution is -2.32. The van der Waals surface area contributed by atoms with Gasteiger partial charge in [0.25, 0.3) is 5.91 Å². The van der Waals surface area contributed by atoms with E-state index in [1.54, 1.807) is 6.07 Å². The van der Waals surface area contributed by atoms with E-state index in [1.807, 2.05) is 6.92 Å². The van der Waals surface area contributed by atoms with Crippen LogP contribution in [0.4, 0.5) is 0 Å². The maximum absolute atomic E-state index is 12.0. The molecule has 1 aromatic heterocycles. The lowest BCUT2D eigenvalue weighted by molar-refractivity contribution is -0.143. The number of aliphatic carboxylic acids is 1. The molecule has 1 amide bonds. The fraction of sp³-hybridized carbons (Fsp3) is 0.600. The van der Waals surface area contributed by atoms with Crippen molar-refractivity contribution in [2.45, 2.75) is 39.0 Å². The van der Waals surface area contributed by atoms with Gasteiger partial charge in [-0.25, -0.2) is 0 Å². The van der Waals surface area contributed by atoms with E-state index < -0.39 is 5.97 Å². The van der Waals surface area contributed by atoms with Crippen LogP contribution in [0.25, 0.3) is 0 Å². The number of furan rings is 1. The van der Waals surface area contributed by atoms with Crippen LogP contribution in [0, 0.1) is 11.8 Å². The average molecular weight is 279 g/mol. The number of amides is 1. The van der Waals surface area contributed by atoms with Crippen LogP contribution in [0.3, 0.4) is 0 Å². The van der Waals surface area contributed by atoms with Crippen LogP contribution >= 0.6 is 0 Å². The molecule has 0 spiro atoms. The Hall–Kier alpha value is -1.78. The highest BCUT2D eigenvalue weighted by molar-refractivity contribution is 5.95. The van der Waals surface area contributed by atoms with Crippen molar-refractivity contribution in [1.82, 2.24) is 5.32 Å². The lowest BCUT2D eigenvalue weighted by Gasteiger charge is -2.26. The summed E-state index contributed by atoms with van der Waals surface area (Å²) in [6.07, 6.45) is 5.38. The van der Waals surface area contributed by atoms with Crippen molar-refractivity contribution >= 4 is 11.9 Å². The van der Waals surface area contributed by atoms with Gasteiger partial charge in [0, 0.05) is 13.0 Å². The third-order valence-electron chi connectivity index (χ3n) is 4.06. The van der Waals surface area contributed by atoms with Crippen molar-refractivity contribution in [2.24, 2.45) is 11.8 Å². The summed E-state index contributed by atoms with van der Waals surface area (Å²) in [4.78, 5) is 22.9. The van der Waals surface area contributed by atoms with Crippen LogP contribution in [0.5, 0.6) is 0 Å². The molecule has 1 aromatic rings. The Labute approximate surface area is 118 Å². The third kappa shape index (κ3) is 3.40. The minimum atomic E-state index is -0.696. The molecule has 1 saturated carbocycles. The summed E-state index contributed by atoms with van der Waals surface area (Å²) in [5.74, 6) is 0.0839. The number of aryl methyl sites for hydroxylation is 1. The second-order valence-corrected chi connectivity index (χ2v) is 5.38. The van der Waals surface area contributed by atoms with Gasteiger partial charge in [0.2, 0.25) is 0 Å². The van der Waals surface area contributed by atoms with Crippen molar-refractivity contribution in [3.8, 4) is 0 Å². The van der Waals surface area contributed by atoms with E-state index in [0.29, 0.717) is 43.0 Å². The van der Waals surface area contributed by atoms with Crippen LogP contribution in [-0.2, 0) is 11.2 Å². The number of hydrogen-bond donors (Lipinski definition) is 2. The first-order valence-corrected chi connectivity index (χ1v) is 7.19. The van der Waals surface area contributed by atoms with Crippen molar-refractivity contribution in [2.75, 3.05) is 6.54 Å². The number of carbonyl (C=O) groups is 2. The SMILES string of the molecule is CCc1occc1C(=O)NCC1CCC(C(=O)O)CC1. The fourth-order valence-corrected chi connectivity index (χ4v) is 2.76. The Bertz CT molecular complexity index is 472. The monoisotopic (exact) mass is 279 g/mol. The van der Waals surface area contributed by atoms with E-state index in [0.717, 1.165) is 12.8 Å². The molecule has 5 nitrogen and oxygen atoms in total. The van der Waals surface area contributed by atoms with E-state index in [9.17, 15) is 9.59 Å². The molecule has 20 heavy (non-hydrogen) atoms. The van der Waals surface area contributed by atoms with Crippen LogP contribution in [0.15, 0.2) is 16.7 Å². The standard InChI is InChI=1S/C15H21NO4/c1-2-13-12(7-8-20-13)14(17)16-9-10-3-5-11(6-4-10)15(18)19/h7-8,10-11H,2-6,9H2,1H3,(H,16,17)(H,18,19). The maximum Gasteiger partial charge on any atom is 0.306 e. The van der Waals surface area contributed by atoms with Gasteiger partial charge in [-0.15, -0.1) is 0 Å². The molecule has 1 fully saturated rings. The van der Waals surface area contributed by atoms with Crippen LogP contribution < -0.4 is 5.32 Å². The van der Waals surface area contributed by atoms with Crippen molar-refractivity contribution in [3.63, 3.8) is 0 Å². The van der Waals surface area contributed by atoms with E-state index >= 15 is 0 Å². The van der Waals surface area contributed by atoms with Gasteiger partial charge < -0.3 is 14.8 Å². The van der Waals surface area contributed by atoms with Gasteiger partial charge in [0.15, 0.2) is 0 Å². The molecule has 1 aliphatic carbocycles. The fourth-order valence-electron chi connectivity index (χ4n) is 2.76. The first kappa shape index (κ1) is 14.6. The highest BCUT2D eigenvalue weighted by atomic mass is 16.4. The molecule has 0 saturated heterocycles. The summed E-state index contributed by atoms with van der Waals surface area (Å²) >= 11 is 0. The molecule has 0 atom stereocenters. The topological polar surface area (TPSA) is 79.5 Å². The zero-order valence-electron chi connectivity index (χ0n) is 11.7. The summed E-state index contributed by atoms with van der Waals surface area (Å²) in [5, 5.41) is 11.9. The van der Waals surface area contributed by atoms with E-state index in [4.69, 9.17) is 9.52 Å². The summed E-state index contributed by atoms with van der Waals surface area (Å²) < 4.78 is 5.24. The van der Waals surface area contributed by atoms with Crippen molar-refractivity contribution < 1.29 is 19.1 Å². The molecule has 0 unspecified atom stereocenters. The molecule has 1 heterocycles. The van der Waals surface area contributed by atoms with Gasteiger partial charge >= 0.3 is 5.97 Å². The molecule has 0 radical (unpaired) electrons. The first-order valence-electron chi connectivity index (χ1n) is 7.19. The third-order valence-corrected chi connectivity index (χ3v) is 4.06. The zero-order chi connectivity index (χ0) is 14.5. The maximum atomic E-state index is 12.0. The van der Waals surface area contributed by atoms with Gasteiger partial charge in [-0.1, -0.05) is 6.92 Å². The minimum absolute atomic E-state index is 0.101. The number of carbonyl (C=O) groups excluding carboxylic acids is 1. The summed E-state index contributed by atoms with van der Waals surface area (Å²) in [6.45, 7) is 2.56. The van der Waals surface area contributed by atoms with Gasteiger partial charge in [-0.05, 0) is 37.7 Å². The highest BCUT2D eigenvalue weighted by Crippen LogP contribution is 2.28. The summed E-state index contributed by atoms with van der Waals surface area (Å²) in [7, 11) is 0. The minimum Gasteiger partial charge on any atom is -0.481 e. The molecule has 0 aliphatic heterocycles. The van der Waals surface area contributed by atoms with Gasteiger partial charge in [0.05, 0.1) is 17.7 Å². The zero-order valence-corrected chi connectivity index (χ0v) is 11.7. The second-order valence-electron chi connectivity index (χ2n) is 5.38. The summed E-state index contributed by atoms with van der Waals surface area (Å²) in [6, 6.07) is 1.69. The van der Waals surface area contributed by atoms with Crippen molar-refractivity contribution in [1.29, 1.82) is 0 Å². The molecule has 0 bridgehead atoms. The number of carboxylic acids is 1. The quantitative estimate of drug-likeness (QED) is 0.867. The largest absolute Gasteiger partial charge is 0.481 e. The lowest BCUT2D eigenvalue weighted by atomic mass is 9.82. The average Bonchev–Trinajstić information content (AvgIpc) is 2.93. The summed E-state index contributed by atoms with van der Waals surface area (Å²) in [5.41, 5.74) is 0.603. The van der Waals surface area contributed by atoms with Crippen LogP contribution in [0.1, 0.15) is 48.7 Å². The number of carboxylic acid groups (broad SMARTS) is 1. The van der Waals surface area contributed by atoms with E-state index in [1.165, 1.54) is 6.26 Å². The Morgan fingerprint density at radius 2 is 2.05 bits per heavy atom. The number of nitrogens with one attached hydrogen (secondary N) is 1. The van der Waals surface area contributed by atoms with E-state index in [-0.39, 0.29) is 11.8 Å². The number of hydrogen-bond acceptors (Lipinski definition) is 3. The molecular weight excluding hydrogens is 258 g/mol. The Morgan fingerprint density at radius 3 is 2.65 bits per heavy atom. The van der Waals surface area contributed by atoms with Crippen LogP contribution in [0.2, 0.25) is 0 Å². The van der Waals surface area contributed by atoms with Crippen LogP contribution in [-0.4, -0.2) is 23.5 Å². The molecule has 2 rings (SSSR count). The predicted octanol–water partition coefficient (Wildman–Crippen LogP) is 2.46.